The molecule has 162 valence electrons. The smallest absolute Gasteiger partial charge is 0.0722 e. The van der Waals surface area contributed by atoms with E-state index in [0.717, 1.165) is 18.4 Å². The molecule has 27 heavy (non-hydrogen) atoms. The van der Waals surface area contributed by atoms with Gasteiger partial charge in [-0.1, -0.05) is 92.9 Å². The lowest BCUT2D eigenvalue weighted by Crippen LogP contribution is -2.33. The van der Waals surface area contributed by atoms with Gasteiger partial charge < -0.3 is 5.11 Å². The number of aliphatic hydroxyl groups is 1. The molecule has 0 fully saturated rings. The molecule has 0 saturated heterocycles. The van der Waals surface area contributed by atoms with Crippen LogP contribution < -0.4 is 0 Å². The van der Waals surface area contributed by atoms with Gasteiger partial charge >= 0.3 is 0 Å². The fourth-order valence-electron chi connectivity index (χ4n) is 4.22. The van der Waals surface area contributed by atoms with E-state index in [9.17, 15) is 5.11 Å². The zero-order valence-electron chi connectivity index (χ0n) is 20.8. The van der Waals surface area contributed by atoms with Crippen molar-refractivity contribution < 1.29 is 5.11 Å². The van der Waals surface area contributed by atoms with E-state index in [1.807, 2.05) is 20.8 Å². The Morgan fingerprint density at radius 2 is 1.56 bits per heavy atom. The van der Waals surface area contributed by atoms with Crippen LogP contribution in [0.3, 0.4) is 0 Å². The van der Waals surface area contributed by atoms with E-state index in [4.69, 9.17) is 0 Å². The van der Waals surface area contributed by atoms with Crippen LogP contribution in [-0.2, 0) is 0 Å². The lowest BCUT2D eigenvalue weighted by atomic mass is 9.59. The first kappa shape index (κ1) is 28.6. The lowest BCUT2D eigenvalue weighted by Gasteiger charge is -2.46. The SMILES string of the molecule is C=C(C(C)O)C(CC)CC1=C(C)C(C)(CCC)CCC1(C)C.CC.CCC. The van der Waals surface area contributed by atoms with Crippen LogP contribution in [0.25, 0.3) is 0 Å². The van der Waals surface area contributed by atoms with E-state index in [2.05, 4.69) is 62.0 Å². The van der Waals surface area contributed by atoms with Crippen LogP contribution in [0, 0.1) is 16.7 Å². The predicted octanol–water partition coefficient (Wildman–Crippen LogP) is 8.73. The van der Waals surface area contributed by atoms with Gasteiger partial charge in [0, 0.05) is 0 Å². The van der Waals surface area contributed by atoms with Gasteiger partial charge in [0.15, 0.2) is 0 Å². The molecule has 3 unspecified atom stereocenters. The summed E-state index contributed by atoms with van der Waals surface area (Å²) in [6, 6.07) is 0. The minimum absolute atomic E-state index is 0.281. The maximum Gasteiger partial charge on any atom is 0.0722 e. The van der Waals surface area contributed by atoms with Gasteiger partial charge in [-0.05, 0) is 68.3 Å². The Hall–Kier alpha value is -0.560. The normalized spacial score (nSPS) is 23.4. The molecule has 0 spiro atoms. The van der Waals surface area contributed by atoms with Gasteiger partial charge in [-0.15, -0.1) is 0 Å². The molecular weight excluding hydrogens is 328 g/mol. The average molecular weight is 381 g/mol. The van der Waals surface area contributed by atoms with Gasteiger partial charge in [0.1, 0.15) is 0 Å². The number of hydrogen-bond acceptors (Lipinski definition) is 1. The zero-order chi connectivity index (χ0) is 21.8. The van der Waals surface area contributed by atoms with E-state index in [-0.39, 0.29) is 5.41 Å². The van der Waals surface area contributed by atoms with Crippen molar-refractivity contribution >= 4 is 0 Å². The number of hydrogen-bond donors (Lipinski definition) is 1. The summed E-state index contributed by atoms with van der Waals surface area (Å²) < 4.78 is 0. The second kappa shape index (κ2) is 13.6. The Balaban J connectivity index is 0. The molecule has 0 saturated carbocycles. The van der Waals surface area contributed by atoms with Crippen molar-refractivity contribution in [3.05, 3.63) is 23.3 Å². The summed E-state index contributed by atoms with van der Waals surface area (Å²) in [6.45, 7) is 28.4. The summed E-state index contributed by atoms with van der Waals surface area (Å²) in [5, 5.41) is 9.92. The number of allylic oxidation sites excluding steroid dienone is 2. The lowest BCUT2D eigenvalue weighted by molar-refractivity contribution is 0.202. The third-order valence-corrected chi connectivity index (χ3v) is 6.28. The van der Waals surface area contributed by atoms with Crippen molar-refractivity contribution in [2.24, 2.45) is 16.7 Å². The highest BCUT2D eigenvalue weighted by atomic mass is 16.3. The highest BCUT2D eigenvalue weighted by molar-refractivity contribution is 5.30. The minimum Gasteiger partial charge on any atom is -0.389 e. The van der Waals surface area contributed by atoms with Gasteiger partial charge in [0.2, 0.25) is 0 Å². The molecule has 0 heterocycles. The van der Waals surface area contributed by atoms with E-state index in [0.29, 0.717) is 11.3 Å². The highest BCUT2D eigenvalue weighted by Gasteiger charge is 2.39. The number of rotatable bonds is 7. The second-order valence-electron chi connectivity index (χ2n) is 9.07. The first-order valence-electron chi connectivity index (χ1n) is 11.6. The highest BCUT2D eigenvalue weighted by Crippen LogP contribution is 2.53. The second-order valence-corrected chi connectivity index (χ2v) is 9.07. The standard InChI is InChI=1S/C21H38O.C3H8.C2H6/c1-9-11-21(8)13-12-20(6,7)19(16(21)4)14-18(10-2)15(3)17(5)22;1-3-2;1-2/h17-18,22H,3,9-14H2,1-2,4-8H3;3H2,1-2H3;1-2H3. The van der Waals surface area contributed by atoms with Crippen molar-refractivity contribution in [2.75, 3.05) is 0 Å². The molecule has 1 heteroatoms. The Kier molecular flexibility index (Phi) is 14.4. The van der Waals surface area contributed by atoms with E-state index in [1.54, 1.807) is 11.1 Å². The monoisotopic (exact) mass is 380 g/mol. The van der Waals surface area contributed by atoms with Crippen LogP contribution in [0.2, 0.25) is 0 Å². The zero-order valence-corrected chi connectivity index (χ0v) is 20.8. The Bertz CT molecular complexity index is 441. The summed E-state index contributed by atoms with van der Waals surface area (Å²) in [4.78, 5) is 0. The average Bonchev–Trinajstić information content (AvgIpc) is 2.61. The predicted molar refractivity (Wildman–Crippen MR) is 125 cm³/mol. The van der Waals surface area contributed by atoms with Crippen molar-refractivity contribution in [1.82, 2.24) is 0 Å². The summed E-state index contributed by atoms with van der Waals surface area (Å²) in [6.07, 6.45) is 8.08. The van der Waals surface area contributed by atoms with Crippen LogP contribution in [0.5, 0.6) is 0 Å². The summed E-state index contributed by atoms with van der Waals surface area (Å²) in [7, 11) is 0. The first-order valence-corrected chi connectivity index (χ1v) is 11.6. The topological polar surface area (TPSA) is 20.2 Å². The fourth-order valence-corrected chi connectivity index (χ4v) is 4.22. The van der Waals surface area contributed by atoms with Crippen LogP contribution in [0.1, 0.15) is 121 Å². The van der Waals surface area contributed by atoms with Gasteiger partial charge in [0.05, 0.1) is 6.10 Å². The molecule has 0 aromatic heterocycles. The van der Waals surface area contributed by atoms with Crippen LogP contribution in [0.15, 0.2) is 23.3 Å². The van der Waals surface area contributed by atoms with Crippen LogP contribution >= 0.6 is 0 Å². The maximum atomic E-state index is 9.92. The molecule has 0 aromatic rings. The molecule has 0 radical (unpaired) electrons. The Labute approximate surface area is 172 Å². The van der Waals surface area contributed by atoms with Gasteiger partial charge in [-0.3, -0.25) is 0 Å². The molecule has 0 aliphatic heterocycles. The van der Waals surface area contributed by atoms with Crippen molar-refractivity contribution in [1.29, 1.82) is 0 Å². The molecule has 0 amide bonds. The molecule has 1 N–H and O–H groups in total. The third kappa shape index (κ3) is 8.55. The van der Waals surface area contributed by atoms with Crippen LogP contribution in [0.4, 0.5) is 0 Å². The molecule has 3 atom stereocenters. The van der Waals surface area contributed by atoms with Crippen molar-refractivity contribution in [3.63, 3.8) is 0 Å². The summed E-state index contributed by atoms with van der Waals surface area (Å²) >= 11 is 0. The molecule has 1 aliphatic rings. The van der Waals surface area contributed by atoms with Gasteiger partial charge in [-0.2, -0.15) is 0 Å². The first-order chi connectivity index (χ1) is 12.5. The maximum absolute atomic E-state index is 9.92. The molecule has 0 bridgehead atoms. The Morgan fingerprint density at radius 1 is 1.07 bits per heavy atom. The quantitative estimate of drug-likeness (QED) is 0.438. The van der Waals surface area contributed by atoms with E-state index in [1.165, 1.54) is 32.1 Å². The molecule has 1 aliphatic carbocycles. The molecule has 0 aromatic carbocycles. The number of aliphatic hydroxyl groups excluding tert-OH is 1. The van der Waals surface area contributed by atoms with E-state index < -0.39 is 6.10 Å². The molecular formula is C26H52O. The Morgan fingerprint density at radius 3 is 1.93 bits per heavy atom. The fraction of sp³-hybridized carbons (Fsp3) is 0.846. The van der Waals surface area contributed by atoms with Crippen molar-refractivity contribution in [2.45, 2.75) is 127 Å². The summed E-state index contributed by atoms with van der Waals surface area (Å²) in [5.74, 6) is 0.396. The minimum atomic E-state index is -0.403. The van der Waals surface area contributed by atoms with E-state index >= 15 is 0 Å². The largest absolute Gasteiger partial charge is 0.389 e. The molecule has 1 nitrogen and oxygen atoms in total. The van der Waals surface area contributed by atoms with Gasteiger partial charge in [0.25, 0.3) is 0 Å². The molecule has 1 rings (SSSR count). The summed E-state index contributed by atoms with van der Waals surface area (Å²) in [5.41, 5.74) is 4.89. The van der Waals surface area contributed by atoms with Crippen LogP contribution in [-0.4, -0.2) is 11.2 Å². The van der Waals surface area contributed by atoms with Crippen molar-refractivity contribution in [3.8, 4) is 0 Å². The van der Waals surface area contributed by atoms with Gasteiger partial charge in [-0.25, -0.2) is 0 Å². The third-order valence-electron chi connectivity index (χ3n) is 6.28.